The van der Waals surface area contributed by atoms with E-state index in [-0.39, 0.29) is 24.3 Å². The molecule has 1 aliphatic carbocycles. The Hall–Kier alpha value is -4.59. The van der Waals surface area contributed by atoms with Gasteiger partial charge in [-0.05, 0) is 105 Å². The van der Waals surface area contributed by atoms with E-state index in [2.05, 4.69) is 5.32 Å². The van der Waals surface area contributed by atoms with E-state index in [0.717, 1.165) is 22.5 Å². The van der Waals surface area contributed by atoms with E-state index in [1.807, 2.05) is 107 Å². The summed E-state index contributed by atoms with van der Waals surface area (Å²) in [7, 11) is 0. The van der Waals surface area contributed by atoms with E-state index < -0.39 is 23.8 Å². The van der Waals surface area contributed by atoms with Crippen LogP contribution in [0.5, 0.6) is 0 Å². The Labute approximate surface area is 245 Å². The molecule has 8 heteroatoms. The van der Waals surface area contributed by atoms with E-state index in [1.54, 1.807) is 0 Å². The number of carbonyl (C=O) groups excluding carboxylic acids is 1. The van der Waals surface area contributed by atoms with E-state index in [0.29, 0.717) is 38.5 Å². The number of hydrogen-bond donors (Lipinski definition) is 3. The first kappa shape index (κ1) is 28.9. The molecule has 1 fully saturated rings. The van der Waals surface area contributed by atoms with E-state index in [1.165, 1.54) is 0 Å². The fraction of sp³-hybridized carbons (Fsp3) is 0.324. The number of carbonyl (C=O) groups is 3. The number of nitrogens with zero attached hydrogens (tertiary/aromatic N) is 2. The lowest BCUT2D eigenvalue weighted by molar-refractivity contribution is -0.143. The van der Waals surface area contributed by atoms with Crippen LogP contribution >= 0.6 is 0 Å². The van der Waals surface area contributed by atoms with Crippen molar-refractivity contribution in [2.24, 2.45) is 17.8 Å². The summed E-state index contributed by atoms with van der Waals surface area (Å²) >= 11 is 0. The Balaban J connectivity index is 1.30. The van der Waals surface area contributed by atoms with E-state index in [9.17, 15) is 24.6 Å². The van der Waals surface area contributed by atoms with Gasteiger partial charge in [0.2, 0.25) is 5.91 Å². The van der Waals surface area contributed by atoms with Crippen LogP contribution in [0.25, 0.3) is 11.4 Å². The first-order chi connectivity index (χ1) is 20.4. The highest BCUT2D eigenvalue weighted by molar-refractivity contribution is 5.80. The molecule has 0 aliphatic heterocycles. The summed E-state index contributed by atoms with van der Waals surface area (Å²) in [4.78, 5) is 37.4. The van der Waals surface area contributed by atoms with Crippen molar-refractivity contribution in [2.75, 3.05) is 0 Å². The van der Waals surface area contributed by atoms with Crippen LogP contribution in [-0.4, -0.2) is 43.2 Å². The zero-order valence-electron chi connectivity index (χ0n) is 23.5. The lowest BCUT2D eigenvalue weighted by Crippen LogP contribution is -2.43. The Morgan fingerprint density at radius 2 is 1.14 bits per heavy atom. The zero-order chi connectivity index (χ0) is 29.5. The molecule has 1 amide bonds. The van der Waals surface area contributed by atoms with Gasteiger partial charge >= 0.3 is 11.9 Å². The number of rotatable bonds is 12. The predicted octanol–water partition coefficient (Wildman–Crippen LogP) is 5.52. The summed E-state index contributed by atoms with van der Waals surface area (Å²) in [5.41, 5.74) is 3.86. The molecule has 0 spiro atoms. The third kappa shape index (κ3) is 7.37. The third-order valence-electron chi connectivity index (χ3n) is 8.35. The van der Waals surface area contributed by atoms with Gasteiger partial charge in [0.15, 0.2) is 0 Å². The van der Waals surface area contributed by atoms with Crippen LogP contribution < -0.4 is 5.32 Å². The second-order valence-corrected chi connectivity index (χ2v) is 11.3. The number of hydrogen-bond acceptors (Lipinski definition) is 3. The van der Waals surface area contributed by atoms with Gasteiger partial charge in [0.1, 0.15) is 0 Å². The highest BCUT2D eigenvalue weighted by atomic mass is 16.4. The normalized spacial score (nSPS) is 18.2. The van der Waals surface area contributed by atoms with Gasteiger partial charge in [-0.25, -0.2) is 0 Å². The molecule has 8 nitrogen and oxygen atoms in total. The molecule has 2 atom stereocenters. The minimum atomic E-state index is -0.924. The number of carboxylic acids is 2. The van der Waals surface area contributed by atoms with Crippen LogP contribution in [0.1, 0.15) is 43.2 Å². The van der Waals surface area contributed by atoms with E-state index in [4.69, 9.17) is 0 Å². The summed E-state index contributed by atoms with van der Waals surface area (Å²) < 4.78 is 3.99. The Kier molecular flexibility index (Phi) is 9.21. The topological polar surface area (TPSA) is 114 Å². The molecule has 0 radical (unpaired) electrons. The first-order valence-corrected chi connectivity index (χ1v) is 14.6. The van der Waals surface area contributed by atoms with Crippen LogP contribution in [0.4, 0.5) is 0 Å². The maximum atomic E-state index is 13.6. The van der Waals surface area contributed by atoms with Crippen molar-refractivity contribution >= 4 is 17.8 Å². The van der Waals surface area contributed by atoms with Crippen molar-refractivity contribution in [1.29, 1.82) is 0 Å². The molecule has 5 rings (SSSR count). The quantitative estimate of drug-likeness (QED) is 0.209. The summed E-state index contributed by atoms with van der Waals surface area (Å²) in [5, 5.41) is 22.6. The molecule has 1 saturated carbocycles. The lowest BCUT2D eigenvalue weighted by Gasteiger charge is -2.29. The van der Waals surface area contributed by atoms with Gasteiger partial charge in [-0.2, -0.15) is 0 Å². The molecular formula is C34H37N3O5. The number of amides is 1. The molecular weight excluding hydrogens is 530 g/mol. The van der Waals surface area contributed by atoms with Gasteiger partial charge in [-0.3, -0.25) is 14.4 Å². The van der Waals surface area contributed by atoms with Crippen molar-refractivity contribution in [3.8, 4) is 11.4 Å². The number of benzene rings is 2. The summed E-state index contributed by atoms with van der Waals surface area (Å²) in [5.74, 6) is -3.52. The molecule has 1 aliphatic rings. The standard InChI is InChI=1S/C34H37N3O5/c38-32(35-29-11-9-26(10-12-29)33(39)40)27(21-24-5-13-30(14-6-24)36-17-1-2-18-36)23-28(34(41)42)22-25-7-15-31(16-8-25)37-19-3-4-20-37/h1-8,13-20,26-29H,9-12,21-23H2,(H,35,38)(H,39,40)(H,41,42)/t26?,27-,28-,29?/m1/s1. The molecule has 0 saturated heterocycles. The average Bonchev–Trinajstić information content (AvgIpc) is 3.73. The molecule has 3 N–H and O–H groups in total. The highest BCUT2D eigenvalue weighted by Gasteiger charge is 2.31. The second kappa shape index (κ2) is 13.4. The molecule has 0 bridgehead atoms. The van der Waals surface area contributed by atoms with E-state index >= 15 is 0 Å². The molecule has 42 heavy (non-hydrogen) atoms. The van der Waals surface area contributed by atoms with Crippen LogP contribution in [0.3, 0.4) is 0 Å². The predicted molar refractivity (Wildman–Crippen MR) is 160 cm³/mol. The van der Waals surface area contributed by atoms with Crippen molar-refractivity contribution < 1.29 is 24.6 Å². The Bertz CT molecular complexity index is 1450. The number of aliphatic carboxylic acids is 2. The maximum Gasteiger partial charge on any atom is 0.306 e. The van der Waals surface area contributed by atoms with Crippen molar-refractivity contribution in [1.82, 2.24) is 14.5 Å². The fourth-order valence-electron chi connectivity index (χ4n) is 5.89. The van der Waals surface area contributed by atoms with Crippen LogP contribution in [0, 0.1) is 17.8 Å². The summed E-state index contributed by atoms with van der Waals surface area (Å²) in [6.45, 7) is 0. The van der Waals surface area contributed by atoms with Crippen LogP contribution in [0.2, 0.25) is 0 Å². The number of aromatic nitrogens is 2. The minimum absolute atomic E-state index is 0.101. The average molecular weight is 568 g/mol. The molecule has 2 heterocycles. The molecule has 218 valence electrons. The van der Waals surface area contributed by atoms with Crippen molar-refractivity contribution in [3.05, 3.63) is 109 Å². The van der Waals surface area contributed by atoms with Crippen LogP contribution in [0.15, 0.2) is 97.6 Å². The molecule has 4 aromatic rings. The van der Waals surface area contributed by atoms with Gasteiger partial charge in [0, 0.05) is 48.1 Å². The van der Waals surface area contributed by atoms with Gasteiger partial charge < -0.3 is 24.7 Å². The maximum absolute atomic E-state index is 13.6. The smallest absolute Gasteiger partial charge is 0.306 e. The lowest BCUT2D eigenvalue weighted by atomic mass is 9.83. The first-order valence-electron chi connectivity index (χ1n) is 14.6. The number of nitrogens with one attached hydrogen (secondary N) is 1. The number of carboxylic acid groups (broad SMARTS) is 2. The van der Waals surface area contributed by atoms with Crippen LogP contribution in [-0.2, 0) is 27.2 Å². The minimum Gasteiger partial charge on any atom is -0.481 e. The monoisotopic (exact) mass is 567 g/mol. The van der Waals surface area contributed by atoms with Gasteiger partial charge in [0.05, 0.1) is 11.8 Å². The second-order valence-electron chi connectivity index (χ2n) is 11.3. The summed E-state index contributed by atoms with van der Waals surface area (Å²) in [6, 6.07) is 23.5. The Morgan fingerprint density at radius 1 is 0.690 bits per heavy atom. The SMILES string of the molecule is O=C(O)C1CCC(NC(=O)[C@H](Cc2ccc(-n3cccc3)cc2)C[C@@H](Cc2ccc(-n3cccc3)cc2)C(=O)O)CC1. The zero-order valence-corrected chi connectivity index (χ0v) is 23.5. The summed E-state index contributed by atoms with van der Waals surface area (Å²) in [6.07, 6.45) is 11.1. The van der Waals surface area contributed by atoms with Crippen molar-refractivity contribution in [3.63, 3.8) is 0 Å². The van der Waals surface area contributed by atoms with Gasteiger partial charge in [-0.15, -0.1) is 0 Å². The molecule has 2 aromatic carbocycles. The molecule has 0 unspecified atom stereocenters. The largest absolute Gasteiger partial charge is 0.481 e. The van der Waals surface area contributed by atoms with Gasteiger partial charge in [-0.1, -0.05) is 24.3 Å². The Morgan fingerprint density at radius 3 is 1.57 bits per heavy atom. The molecule has 2 aromatic heterocycles. The fourth-order valence-corrected chi connectivity index (χ4v) is 5.89. The van der Waals surface area contributed by atoms with Gasteiger partial charge in [0.25, 0.3) is 0 Å². The third-order valence-corrected chi connectivity index (χ3v) is 8.35. The highest BCUT2D eigenvalue weighted by Crippen LogP contribution is 2.27. The van der Waals surface area contributed by atoms with Crippen molar-refractivity contribution in [2.45, 2.75) is 51.0 Å².